The van der Waals surface area contributed by atoms with E-state index < -0.39 is 10.0 Å². The molecular formula is C15H20N4O2S2. The van der Waals surface area contributed by atoms with E-state index in [1.54, 1.807) is 30.5 Å². The van der Waals surface area contributed by atoms with Crippen LogP contribution in [0.15, 0.2) is 45.6 Å². The van der Waals surface area contributed by atoms with E-state index in [9.17, 15) is 8.42 Å². The highest BCUT2D eigenvalue weighted by molar-refractivity contribution is 7.89. The number of primary sulfonamides is 1. The number of sulfonamides is 1. The van der Waals surface area contributed by atoms with E-state index >= 15 is 0 Å². The first-order chi connectivity index (χ1) is 10.9. The molecule has 1 aromatic carbocycles. The minimum atomic E-state index is -3.69. The highest BCUT2D eigenvalue weighted by atomic mass is 32.2. The number of aryl methyl sites for hydroxylation is 1. The van der Waals surface area contributed by atoms with Crippen LogP contribution in [-0.4, -0.2) is 21.4 Å². The van der Waals surface area contributed by atoms with Crippen molar-refractivity contribution in [3.8, 4) is 0 Å². The minimum absolute atomic E-state index is 0.106. The summed E-state index contributed by atoms with van der Waals surface area (Å²) in [5.74, 6) is 0.652. The van der Waals surface area contributed by atoms with Gasteiger partial charge >= 0.3 is 0 Å². The Kier molecular flexibility index (Phi) is 5.75. The molecule has 6 nitrogen and oxygen atoms in total. The lowest BCUT2D eigenvalue weighted by molar-refractivity contribution is 0.597. The van der Waals surface area contributed by atoms with Crippen LogP contribution < -0.4 is 15.8 Å². The number of hydrogen-bond donors (Lipinski definition) is 3. The zero-order valence-electron chi connectivity index (χ0n) is 13.0. The molecule has 0 fully saturated rings. The highest BCUT2D eigenvalue weighted by Gasteiger charge is 2.08. The number of nitrogens with zero attached hydrogens (tertiary/aromatic N) is 1. The van der Waals surface area contributed by atoms with Crippen LogP contribution in [0.3, 0.4) is 0 Å². The molecule has 2 aromatic rings. The summed E-state index contributed by atoms with van der Waals surface area (Å²) in [4.78, 5) is 5.52. The van der Waals surface area contributed by atoms with Gasteiger partial charge in [-0.3, -0.25) is 4.99 Å². The topological polar surface area (TPSA) is 96.6 Å². The molecule has 0 aliphatic rings. The molecule has 0 aliphatic carbocycles. The summed E-state index contributed by atoms with van der Waals surface area (Å²) < 4.78 is 22.7. The molecule has 0 saturated heterocycles. The standard InChI is InChI=1S/C15H20N4O2S2/c1-11-6-7-22-14(11)10-19-15(17-2)18-9-12-4-3-5-13(8-12)23(16,20)21/h3-8H,9-10H2,1-2H3,(H2,16,20,21)(H2,17,18,19). The smallest absolute Gasteiger partial charge is 0.238 e. The van der Waals surface area contributed by atoms with Crippen LogP contribution in [0.25, 0.3) is 0 Å². The molecule has 0 spiro atoms. The molecule has 0 radical (unpaired) electrons. The molecular weight excluding hydrogens is 332 g/mol. The van der Waals surface area contributed by atoms with Crippen molar-refractivity contribution in [2.24, 2.45) is 10.1 Å². The lowest BCUT2D eigenvalue weighted by atomic mass is 10.2. The second-order valence-corrected chi connectivity index (χ2v) is 7.56. The predicted octanol–water partition coefficient (Wildman–Crippen LogP) is 1.57. The van der Waals surface area contributed by atoms with Gasteiger partial charge in [-0.05, 0) is 41.6 Å². The van der Waals surface area contributed by atoms with Crippen LogP contribution in [0.1, 0.15) is 16.0 Å². The lowest BCUT2D eigenvalue weighted by Gasteiger charge is -2.12. The van der Waals surface area contributed by atoms with Gasteiger partial charge in [-0.1, -0.05) is 12.1 Å². The van der Waals surface area contributed by atoms with E-state index in [4.69, 9.17) is 5.14 Å². The van der Waals surface area contributed by atoms with Gasteiger partial charge in [0.1, 0.15) is 0 Å². The summed E-state index contributed by atoms with van der Waals surface area (Å²) in [5.41, 5.74) is 2.06. The first kappa shape index (κ1) is 17.5. The Morgan fingerprint density at radius 3 is 2.61 bits per heavy atom. The molecule has 0 amide bonds. The second kappa shape index (κ2) is 7.58. The molecule has 2 rings (SSSR count). The summed E-state index contributed by atoms with van der Waals surface area (Å²) in [6.07, 6.45) is 0. The molecule has 0 saturated carbocycles. The first-order valence-electron chi connectivity index (χ1n) is 6.99. The van der Waals surface area contributed by atoms with Gasteiger partial charge in [0.05, 0.1) is 11.4 Å². The summed E-state index contributed by atoms with van der Waals surface area (Å²) in [5, 5.41) is 13.6. The molecule has 1 heterocycles. The molecule has 4 N–H and O–H groups in total. The molecule has 23 heavy (non-hydrogen) atoms. The average Bonchev–Trinajstić information content (AvgIpc) is 2.92. The van der Waals surface area contributed by atoms with Gasteiger partial charge < -0.3 is 10.6 Å². The van der Waals surface area contributed by atoms with Crippen LogP contribution in [0.4, 0.5) is 0 Å². The fraction of sp³-hybridized carbons (Fsp3) is 0.267. The van der Waals surface area contributed by atoms with Gasteiger partial charge in [-0.2, -0.15) is 0 Å². The average molecular weight is 352 g/mol. The largest absolute Gasteiger partial charge is 0.352 e. The van der Waals surface area contributed by atoms with Gasteiger partial charge in [0.15, 0.2) is 5.96 Å². The van der Waals surface area contributed by atoms with E-state index in [2.05, 4.69) is 34.0 Å². The number of hydrogen-bond acceptors (Lipinski definition) is 4. The molecule has 0 aliphatic heterocycles. The molecule has 0 bridgehead atoms. The highest BCUT2D eigenvalue weighted by Crippen LogP contribution is 2.14. The number of guanidine groups is 1. The van der Waals surface area contributed by atoms with Crippen molar-refractivity contribution in [3.63, 3.8) is 0 Å². The molecule has 124 valence electrons. The van der Waals surface area contributed by atoms with Gasteiger partial charge in [0.25, 0.3) is 0 Å². The number of rotatable bonds is 5. The van der Waals surface area contributed by atoms with Crippen molar-refractivity contribution < 1.29 is 8.42 Å². The quantitative estimate of drug-likeness (QED) is 0.562. The fourth-order valence-corrected chi connectivity index (χ4v) is 3.42. The third-order valence-electron chi connectivity index (χ3n) is 3.30. The van der Waals surface area contributed by atoms with E-state index in [-0.39, 0.29) is 4.90 Å². The van der Waals surface area contributed by atoms with Crippen molar-refractivity contribution in [2.45, 2.75) is 24.9 Å². The Labute approximate surface area is 140 Å². The van der Waals surface area contributed by atoms with Crippen molar-refractivity contribution in [1.29, 1.82) is 0 Å². The van der Waals surface area contributed by atoms with Crippen LogP contribution in [0, 0.1) is 6.92 Å². The summed E-state index contributed by atoms with van der Waals surface area (Å²) in [7, 11) is -1.99. The maximum atomic E-state index is 11.4. The number of benzene rings is 1. The Morgan fingerprint density at radius 2 is 2.00 bits per heavy atom. The van der Waals surface area contributed by atoms with Crippen molar-refractivity contribution in [3.05, 3.63) is 51.7 Å². The van der Waals surface area contributed by atoms with E-state index in [0.717, 1.165) is 5.56 Å². The summed E-state index contributed by atoms with van der Waals surface area (Å²) in [6.45, 7) is 3.22. The van der Waals surface area contributed by atoms with Crippen LogP contribution in [-0.2, 0) is 23.1 Å². The Morgan fingerprint density at radius 1 is 1.26 bits per heavy atom. The van der Waals surface area contributed by atoms with E-state index in [1.165, 1.54) is 16.5 Å². The SMILES string of the molecule is CN=C(NCc1cccc(S(N)(=O)=O)c1)NCc1sccc1C. The zero-order valence-corrected chi connectivity index (χ0v) is 14.7. The van der Waals surface area contributed by atoms with Crippen LogP contribution in [0.5, 0.6) is 0 Å². The van der Waals surface area contributed by atoms with Crippen molar-refractivity contribution in [1.82, 2.24) is 10.6 Å². The maximum Gasteiger partial charge on any atom is 0.238 e. The Bertz CT molecular complexity index is 797. The number of nitrogens with two attached hydrogens (primary N) is 1. The third-order valence-corrected chi connectivity index (χ3v) is 5.23. The maximum absolute atomic E-state index is 11.4. The number of thiophene rings is 1. The molecule has 0 unspecified atom stereocenters. The van der Waals surface area contributed by atoms with E-state index in [0.29, 0.717) is 19.0 Å². The monoisotopic (exact) mass is 352 g/mol. The zero-order chi connectivity index (χ0) is 16.9. The normalized spacial score (nSPS) is 12.2. The first-order valence-corrected chi connectivity index (χ1v) is 9.42. The summed E-state index contributed by atoms with van der Waals surface area (Å²) >= 11 is 1.70. The Balaban J connectivity index is 1.95. The number of aliphatic imine (C=N–C) groups is 1. The lowest BCUT2D eigenvalue weighted by Crippen LogP contribution is -2.36. The van der Waals surface area contributed by atoms with E-state index in [1.807, 2.05) is 6.07 Å². The summed E-state index contributed by atoms with van der Waals surface area (Å²) in [6, 6.07) is 8.61. The predicted molar refractivity (Wildman–Crippen MR) is 93.9 cm³/mol. The molecule has 8 heteroatoms. The van der Waals surface area contributed by atoms with Gasteiger partial charge in [-0.15, -0.1) is 11.3 Å². The van der Waals surface area contributed by atoms with Crippen molar-refractivity contribution in [2.75, 3.05) is 7.05 Å². The van der Waals surface area contributed by atoms with Gasteiger partial charge in [0, 0.05) is 18.5 Å². The fourth-order valence-electron chi connectivity index (χ4n) is 1.99. The van der Waals surface area contributed by atoms with Crippen LogP contribution in [0.2, 0.25) is 0 Å². The number of nitrogens with one attached hydrogen (secondary N) is 2. The third kappa shape index (κ3) is 5.05. The molecule has 1 aromatic heterocycles. The van der Waals surface area contributed by atoms with Gasteiger partial charge in [-0.25, -0.2) is 13.6 Å². The molecule has 0 atom stereocenters. The van der Waals surface area contributed by atoms with Gasteiger partial charge in [0.2, 0.25) is 10.0 Å². The Hall–Kier alpha value is -1.90. The van der Waals surface area contributed by atoms with Crippen molar-refractivity contribution >= 4 is 27.3 Å². The van der Waals surface area contributed by atoms with Crippen LogP contribution >= 0.6 is 11.3 Å². The minimum Gasteiger partial charge on any atom is -0.352 e. The second-order valence-electron chi connectivity index (χ2n) is 5.00.